The summed E-state index contributed by atoms with van der Waals surface area (Å²) in [6, 6.07) is 0. The molecule has 1 rings (SSSR count). The van der Waals surface area contributed by atoms with Gasteiger partial charge in [0.25, 0.3) is 0 Å². The van der Waals surface area contributed by atoms with Crippen molar-refractivity contribution < 1.29 is 26.3 Å². The van der Waals surface area contributed by atoms with Gasteiger partial charge in [-0.15, -0.1) is 0 Å². The van der Waals surface area contributed by atoms with Crippen molar-refractivity contribution in [1.82, 2.24) is 14.5 Å². The van der Waals surface area contributed by atoms with Crippen molar-refractivity contribution in [2.24, 2.45) is 4.99 Å². The number of nitrogens with one attached hydrogen (secondary N) is 1. The standard InChI is InChI=1S/C14H27F3N4O3S/c1-12(2)24-10-11-25(22,23)21-8-6-20(7-9-21)13(18-3)19-5-4-14(15,16)17/h12H,4-11H2,1-3H3,(H,18,19). The van der Waals surface area contributed by atoms with E-state index in [9.17, 15) is 21.6 Å². The lowest BCUT2D eigenvalue weighted by Gasteiger charge is -2.35. The van der Waals surface area contributed by atoms with Crippen LogP contribution in [0.3, 0.4) is 0 Å². The highest BCUT2D eigenvalue weighted by atomic mass is 32.2. The molecule has 1 aliphatic heterocycles. The van der Waals surface area contributed by atoms with Gasteiger partial charge in [-0.05, 0) is 13.8 Å². The van der Waals surface area contributed by atoms with Crippen LogP contribution >= 0.6 is 0 Å². The van der Waals surface area contributed by atoms with E-state index in [2.05, 4.69) is 10.3 Å². The van der Waals surface area contributed by atoms with Crippen LogP contribution in [0.5, 0.6) is 0 Å². The molecular weight excluding hydrogens is 361 g/mol. The Labute approximate surface area is 147 Å². The quantitative estimate of drug-likeness (QED) is 0.518. The molecule has 1 N–H and O–H groups in total. The number of sulfonamides is 1. The molecule has 1 saturated heterocycles. The second-order valence-electron chi connectivity index (χ2n) is 5.96. The maximum Gasteiger partial charge on any atom is 0.390 e. The number of aliphatic imine (C=N–C) groups is 1. The van der Waals surface area contributed by atoms with Crippen molar-refractivity contribution >= 4 is 16.0 Å². The summed E-state index contributed by atoms with van der Waals surface area (Å²) in [5, 5.41) is 2.66. The average Bonchev–Trinajstić information content (AvgIpc) is 2.50. The van der Waals surface area contributed by atoms with E-state index in [1.807, 2.05) is 13.8 Å². The van der Waals surface area contributed by atoms with E-state index in [0.717, 1.165) is 0 Å². The minimum absolute atomic E-state index is 0.0295. The molecule has 0 atom stereocenters. The van der Waals surface area contributed by atoms with Gasteiger partial charge in [0.2, 0.25) is 10.0 Å². The molecule has 1 fully saturated rings. The van der Waals surface area contributed by atoms with Gasteiger partial charge in [-0.2, -0.15) is 17.5 Å². The Bertz CT molecular complexity index is 530. The third-order valence-corrected chi connectivity index (χ3v) is 5.46. The van der Waals surface area contributed by atoms with Crippen molar-refractivity contribution in [2.75, 3.05) is 52.1 Å². The van der Waals surface area contributed by atoms with Crippen LogP contribution in [0.15, 0.2) is 4.99 Å². The number of ether oxygens (including phenoxy) is 1. The van der Waals surface area contributed by atoms with E-state index in [0.29, 0.717) is 19.0 Å². The molecule has 0 bridgehead atoms. The first-order valence-corrected chi connectivity index (χ1v) is 9.78. The van der Waals surface area contributed by atoms with E-state index < -0.39 is 22.6 Å². The number of hydrogen-bond acceptors (Lipinski definition) is 4. The molecule has 0 aromatic rings. The molecule has 7 nitrogen and oxygen atoms in total. The zero-order valence-electron chi connectivity index (χ0n) is 14.8. The first kappa shape index (κ1) is 22.0. The van der Waals surface area contributed by atoms with Gasteiger partial charge in [-0.25, -0.2) is 8.42 Å². The summed E-state index contributed by atoms with van der Waals surface area (Å²) >= 11 is 0. The fourth-order valence-corrected chi connectivity index (χ4v) is 3.63. The lowest BCUT2D eigenvalue weighted by molar-refractivity contribution is -0.132. The Morgan fingerprint density at radius 2 is 1.84 bits per heavy atom. The van der Waals surface area contributed by atoms with Gasteiger partial charge in [0.15, 0.2) is 5.96 Å². The van der Waals surface area contributed by atoms with Crippen LogP contribution in [0.1, 0.15) is 20.3 Å². The maximum atomic E-state index is 12.3. The van der Waals surface area contributed by atoms with Crippen molar-refractivity contribution in [3.63, 3.8) is 0 Å². The number of halogens is 3. The minimum atomic E-state index is -4.23. The highest BCUT2D eigenvalue weighted by Gasteiger charge is 2.29. The normalized spacial score (nSPS) is 18.0. The largest absolute Gasteiger partial charge is 0.390 e. The third-order valence-electron chi connectivity index (χ3n) is 3.63. The number of nitrogens with zero attached hydrogens (tertiary/aromatic N) is 3. The number of guanidine groups is 1. The van der Waals surface area contributed by atoms with Crippen LogP contribution in [0.2, 0.25) is 0 Å². The zero-order valence-corrected chi connectivity index (χ0v) is 15.7. The summed E-state index contributed by atoms with van der Waals surface area (Å²) in [5.74, 6) is 0.272. The molecule has 0 radical (unpaired) electrons. The van der Waals surface area contributed by atoms with Crippen molar-refractivity contribution in [1.29, 1.82) is 0 Å². The molecule has 0 spiro atoms. The molecule has 148 valence electrons. The summed E-state index contributed by atoms with van der Waals surface area (Å²) in [6.45, 7) is 4.83. The maximum absolute atomic E-state index is 12.3. The molecule has 0 saturated carbocycles. The molecular formula is C14H27F3N4O3S. The molecule has 0 unspecified atom stereocenters. The first-order valence-electron chi connectivity index (χ1n) is 8.17. The second-order valence-corrected chi connectivity index (χ2v) is 8.05. The van der Waals surface area contributed by atoms with Crippen LogP contribution in [0, 0.1) is 0 Å². The van der Waals surface area contributed by atoms with Gasteiger partial charge >= 0.3 is 6.18 Å². The SMILES string of the molecule is CN=C(NCCC(F)(F)F)N1CCN(S(=O)(=O)CCOC(C)C)CC1. The zero-order chi connectivity index (χ0) is 19.1. The highest BCUT2D eigenvalue weighted by molar-refractivity contribution is 7.89. The molecule has 0 amide bonds. The molecule has 1 aliphatic rings. The van der Waals surface area contributed by atoms with Gasteiger partial charge in [-0.1, -0.05) is 0 Å². The summed E-state index contributed by atoms with van der Waals surface area (Å²) in [6.07, 6.45) is -5.20. The summed E-state index contributed by atoms with van der Waals surface area (Å²) in [7, 11) is -1.91. The third kappa shape index (κ3) is 8.23. The topological polar surface area (TPSA) is 74.2 Å². The number of rotatable bonds is 7. The Balaban J connectivity index is 2.45. The molecule has 0 aliphatic carbocycles. The van der Waals surface area contributed by atoms with Crippen molar-refractivity contribution in [3.8, 4) is 0 Å². The van der Waals surface area contributed by atoms with E-state index in [-0.39, 0.29) is 38.1 Å². The van der Waals surface area contributed by atoms with E-state index >= 15 is 0 Å². The average molecular weight is 388 g/mol. The van der Waals surface area contributed by atoms with Crippen LogP contribution < -0.4 is 5.32 Å². The Kier molecular flexibility index (Phi) is 8.42. The molecule has 1 heterocycles. The number of piperazine rings is 1. The Morgan fingerprint density at radius 3 is 2.32 bits per heavy atom. The predicted molar refractivity (Wildman–Crippen MR) is 90.1 cm³/mol. The Morgan fingerprint density at radius 1 is 1.24 bits per heavy atom. The number of alkyl halides is 3. The lowest BCUT2D eigenvalue weighted by atomic mass is 10.3. The monoisotopic (exact) mass is 388 g/mol. The van der Waals surface area contributed by atoms with Crippen LogP contribution in [-0.2, 0) is 14.8 Å². The summed E-state index contributed by atoms with van der Waals surface area (Å²) < 4.78 is 67.8. The van der Waals surface area contributed by atoms with Gasteiger partial charge in [-0.3, -0.25) is 4.99 Å². The first-order chi connectivity index (χ1) is 11.5. The smallest absolute Gasteiger partial charge is 0.378 e. The molecule has 25 heavy (non-hydrogen) atoms. The van der Waals surface area contributed by atoms with Crippen molar-refractivity contribution in [2.45, 2.75) is 32.5 Å². The van der Waals surface area contributed by atoms with Gasteiger partial charge in [0.05, 0.1) is 24.9 Å². The van der Waals surface area contributed by atoms with Gasteiger partial charge < -0.3 is 15.0 Å². The van der Waals surface area contributed by atoms with Crippen LogP contribution in [0.4, 0.5) is 13.2 Å². The van der Waals surface area contributed by atoms with Crippen molar-refractivity contribution in [3.05, 3.63) is 0 Å². The minimum Gasteiger partial charge on any atom is -0.378 e. The highest BCUT2D eigenvalue weighted by Crippen LogP contribution is 2.18. The molecule has 0 aromatic heterocycles. The van der Waals surface area contributed by atoms with Crippen LogP contribution in [0.25, 0.3) is 0 Å². The summed E-state index contributed by atoms with van der Waals surface area (Å²) in [5.41, 5.74) is 0. The lowest BCUT2D eigenvalue weighted by Crippen LogP contribution is -2.54. The fraction of sp³-hybridized carbons (Fsp3) is 0.929. The Hall–Kier alpha value is -1.07. The van der Waals surface area contributed by atoms with Crippen LogP contribution in [-0.4, -0.2) is 88.0 Å². The van der Waals surface area contributed by atoms with E-state index in [1.165, 1.54) is 11.4 Å². The second kappa shape index (κ2) is 9.58. The van der Waals surface area contributed by atoms with Gasteiger partial charge in [0.1, 0.15) is 0 Å². The summed E-state index contributed by atoms with van der Waals surface area (Å²) in [4.78, 5) is 5.72. The number of hydrogen-bond donors (Lipinski definition) is 1. The fourth-order valence-electron chi connectivity index (χ4n) is 2.34. The predicted octanol–water partition coefficient (Wildman–Crippen LogP) is 0.887. The molecule has 11 heteroatoms. The van der Waals surface area contributed by atoms with E-state index in [1.54, 1.807) is 4.90 Å². The molecule has 0 aromatic carbocycles. The van der Waals surface area contributed by atoms with Gasteiger partial charge in [0, 0.05) is 39.8 Å². The van der Waals surface area contributed by atoms with E-state index in [4.69, 9.17) is 4.74 Å².